The predicted molar refractivity (Wildman–Crippen MR) is 138 cm³/mol. The van der Waals surface area contributed by atoms with Crippen molar-refractivity contribution < 1.29 is 22.7 Å². The van der Waals surface area contributed by atoms with Crippen molar-refractivity contribution in [2.45, 2.75) is 25.8 Å². The lowest BCUT2D eigenvalue weighted by atomic mass is 10.1. The van der Waals surface area contributed by atoms with Crippen LogP contribution >= 0.6 is 22.9 Å². The minimum atomic E-state index is -4.41. The molecule has 0 bridgehead atoms. The molecule has 1 aliphatic heterocycles. The Labute approximate surface area is 223 Å². The number of morpholine rings is 1. The van der Waals surface area contributed by atoms with Gasteiger partial charge in [-0.2, -0.15) is 13.2 Å². The number of thiazole rings is 1. The molecule has 4 rings (SSSR count). The van der Waals surface area contributed by atoms with Gasteiger partial charge in [0.2, 0.25) is 0 Å². The normalized spacial score (nSPS) is 14.7. The maximum Gasteiger partial charge on any atom is 0.416 e. The predicted octanol–water partition coefficient (Wildman–Crippen LogP) is 5.08. The summed E-state index contributed by atoms with van der Waals surface area (Å²) in [4.78, 5) is 21.3. The first kappa shape index (κ1) is 27.5. The molecular weight excluding hydrogens is 525 g/mol. The summed E-state index contributed by atoms with van der Waals surface area (Å²) in [5.74, 6) is -0.238. The molecular formula is C26H28ClF3N4O2S. The molecule has 0 unspecified atom stereocenters. The Morgan fingerprint density at radius 2 is 1.81 bits per heavy atom. The van der Waals surface area contributed by atoms with E-state index in [0.29, 0.717) is 54.1 Å². The summed E-state index contributed by atoms with van der Waals surface area (Å²) in [6.07, 6.45) is -4.41. The summed E-state index contributed by atoms with van der Waals surface area (Å²) in [5.41, 5.74) is 1.17. The Kier molecular flexibility index (Phi) is 9.55. The lowest BCUT2D eigenvalue weighted by molar-refractivity contribution is -0.137. The first-order valence-corrected chi connectivity index (χ1v) is 13.2. The largest absolute Gasteiger partial charge is 0.416 e. The number of rotatable bonds is 10. The summed E-state index contributed by atoms with van der Waals surface area (Å²) in [6.45, 7) is 5.53. The first-order valence-electron chi connectivity index (χ1n) is 11.9. The van der Waals surface area contributed by atoms with E-state index in [1.165, 1.54) is 23.5 Å². The molecule has 1 N–H and O–H groups in total. The number of amides is 1. The third kappa shape index (κ3) is 8.51. The smallest absolute Gasteiger partial charge is 0.379 e. The molecule has 1 fully saturated rings. The van der Waals surface area contributed by atoms with Crippen molar-refractivity contribution in [2.24, 2.45) is 0 Å². The summed E-state index contributed by atoms with van der Waals surface area (Å²) >= 11 is 7.36. The highest BCUT2D eigenvalue weighted by molar-refractivity contribution is 7.09. The van der Waals surface area contributed by atoms with Gasteiger partial charge in [0.05, 0.1) is 25.3 Å². The molecule has 3 aromatic rings. The Morgan fingerprint density at radius 3 is 2.54 bits per heavy atom. The molecule has 1 aliphatic rings. The molecule has 1 aromatic heterocycles. The van der Waals surface area contributed by atoms with E-state index in [2.05, 4.69) is 15.2 Å². The molecule has 0 radical (unpaired) electrons. The number of nitrogens with one attached hydrogen (secondary N) is 1. The second kappa shape index (κ2) is 12.8. The first-order chi connectivity index (χ1) is 17.8. The summed E-state index contributed by atoms with van der Waals surface area (Å²) in [7, 11) is 0. The SMILES string of the molecule is O=C(NCCN1CCOCC1)c1csc(CN(Cc2ccc(Cl)cc2)Cc2cccc(C(F)(F)F)c2)n1. The number of carbonyl (C=O) groups is 1. The van der Waals surface area contributed by atoms with E-state index in [0.717, 1.165) is 31.3 Å². The van der Waals surface area contributed by atoms with Gasteiger partial charge in [-0.25, -0.2) is 4.98 Å². The van der Waals surface area contributed by atoms with Crippen molar-refractivity contribution in [3.8, 4) is 0 Å². The van der Waals surface area contributed by atoms with E-state index in [1.807, 2.05) is 17.0 Å². The minimum Gasteiger partial charge on any atom is -0.379 e. The molecule has 2 aromatic carbocycles. The maximum absolute atomic E-state index is 13.2. The number of halogens is 4. The molecule has 0 atom stereocenters. The number of alkyl halides is 3. The van der Waals surface area contributed by atoms with Crippen LogP contribution in [0.2, 0.25) is 5.02 Å². The van der Waals surface area contributed by atoms with Gasteiger partial charge in [0, 0.05) is 49.7 Å². The van der Waals surface area contributed by atoms with Crippen LogP contribution in [0.1, 0.15) is 32.2 Å². The Morgan fingerprint density at radius 1 is 1.08 bits per heavy atom. The number of ether oxygens (including phenoxy) is 1. The van der Waals surface area contributed by atoms with Crippen LogP contribution in [0.5, 0.6) is 0 Å². The highest BCUT2D eigenvalue weighted by atomic mass is 35.5. The van der Waals surface area contributed by atoms with Crippen molar-refractivity contribution in [3.05, 3.63) is 86.3 Å². The van der Waals surface area contributed by atoms with Crippen LogP contribution in [0, 0.1) is 0 Å². The zero-order valence-electron chi connectivity index (χ0n) is 20.1. The van der Waals surface area contributed by atoms with Crippen molar-refractivity contribution in [2.75, 3.05) is 39.4 Å². The molecule has 0 spiro atoms. The van der Waals surface area contributed by atoms with Gasteiger partial charge in [-0.3, -0.25) is 14.6 Å². The number of carbonyl (C=O) groups excluding carboxylic acids is 1. The van der Waals surface area contributed by atoms with Gasteiger partial charge in [-0.15, -0.1) is 11.3 Å². The van der Waals surface area contributed by atoms with E-state index in [4.69, 9.17) is 16.3 Å². The quantitative estimate of drug-likeness (QED) is 0.380. The third-order valence-corrected chi connectivity index (χ3v) is 7.03. The van der Waals surface area contributed by atoms with Crippen LogP contribution in [0.3, 0.4) is 0 Å². The molecule has 6 nitrogen and oxygen atoms in total. The monoisotopic (exact) mass is 552 g/mol. The van der Waals surface area contributed by atoms with Gasteiger partial charge in [-0.1, -0.05) is 41.9 Å². The Bertz CT molecular complexity index is 1170. The molecule has 2 heterocycles. The van der Waals surface area contributed by atoms with Crippen LogP contribution in [-0.2, 0) is 30.5 Å². The zero-order valence-corrected chi connectivity index (χ0v) is 21.7. The van der Waals surface area contributed by atoms with E-state index in [-0.39, 0.29) is 12.5 Å². The van der Waals surface area contributed by atoms with Crippen LogP contribution in [-0.4, -0.2) is 60.1 Å². The van der Waals surface area contributed by atoms with Crippen molar-refractivity contribution >= 4 is 28.8 Å². The number of aromatic nitrogens is 1. The highest BCUT2D eigenvalue weighted by Crippen LogP contribution is 2.30. The van der Waals surface area contributed by atoms with Crippen LogP contribution in [0.25, 0.3) is 0 Å². The molecule has 0 aliphatic carbocycles. The van der Waals surface area contributed by atoms with Gasteiger partial charge < -0.3 is 10.1 Å². The zero-order chi connectivity index (χ0) is 26.3. The van der Waals surface area contributed by atoms with E-state index in [1.54, 1.807) is 23.6 Å². The molecule has 11 heteroatoms. The van der Waals surface area contributed by atoms with E-state index in [9.17, 15) is 18.0 Å². The highest BCUT2D eigenvalue weighted by Gasteiger charge is 2.30. The molecule has 0 saturated carbocycles. The van der Waals surface area contributed by atoms with Crippen molar-refractivity contribution in [1.82, 2.24) is 20.1 Å². The summed E-state index contributed by atoms with van der Waals surface area (Å²) in [6, 6.07) is 12.7. The molecule has 1 amide bonds. The van der Waals surface area contributed by atoms with Crippen molar-refractivity contribution in [1.29, 1.82) is 0 Å². The molecule has 198 valence electrons. The van der Waals surface area contributed by atoms with Gasteiger partial charge >= 0.3 is 6.18 Å². The average Bonchev–Trinajstić information content (AvgIpc) is 3.34. The molecule has 1 saturated heterocycles. The number of nitrogens with zero attached hydrogens (tertiary/aromatic N) is 3. The lowest BCUT2D eigenvalue weighted by Crippen LogP contribution is -2.41. The van der Waals surface area contributed by atoms with Gasteiger partial charge in [-0.05, 0) is 29.3 Å². The minimum absolute atomic E-state index is 0.238. The summed E-state index contributed by atoms with van der Waals surface area (Å²) < 4.78 is 45.0. The van der Waals surface area contributed by atoms with Crippen molar-refractivity contribution in [3.63, 3.8) is 0 Å². The lowest BCUT2D eigenvalue weighted by Gasteiger charge is -2.26. The number of hydrogen-bond acceptors (Lipinski definition) is 6. The van der Waals surface area contributed by atoms with E-state index < -0.39 is 11.7 Å². The number of benzene rings is 2. The van der Waals surface area contributed by atoms with Crippen LogP contribution < -0.4 is 5.32 Å². The fraction of sp³-hybridized carbons (Fsp3) is 0.385. The summed E-state index contributed by atoms with van der Waals surface area (Å²) in [5, 5.41) is 5.94. The van der Waals surface area contributed by atoms with Crippen LogP contribution in [0.4, 0.5) is 13.2 Å². The fourth-order valence-electron chi connectivity index (χ4n) is 4.04. The number of hydrogen-bond donors (Lipinski definition) is 1. The topological polar surface area (TPSA) is 57.7 Å². The van der Waals surface area contributed by atoms with Gasteiger partial charge in [0.1, 0.15) is 10.7 Å². The third-order valence-electron chi connectivity index (χ3n) is 5.94. The standard InChI is InChI=1S/C26H28ClF3N4O2S/c27-22-6-4-19(5-7-22)15-34(16-20-2-1-3-21(14-20)26(28,29)30)17-24-32-23(18-37-24)25(35)31-8-9-33-10-12-36-13-11-33/h1-7,14,18H,8-13,15-17H2,(H,31,35). The fourth-order valence-corrected chi connectivity index (χ4v) is 4.98. The second-order valence-electron chi connectivity index (χ2n) is 8.81. The Balaban J connectivity index is 1.41. The Hall–Kier alpha value is -2.50. The van der Waals surface area contributed by atoms with Gasteiger partial charge in [0.25, 0.3) is 5.91 Å². The van der Waals surface area contributed by atoms with E-state index >= 15 is 0 Å². The maximum atomic E-state index is 13.2. The van der Waals surface area contributed by atoms with Gasteiger partial charge in [0.15, 0.2) is 0 Å². The van der Waals surface area contributed by atoms with Crippen LogP contribution in [0.15, 0.2) is 53.9 Å². The average molecular weight is 553 g/mol. The second-order valence-corrected chi connectivity index (χ2v) is 10.2. The molecule has 37 heavy (non-hydrogen) atoms.